The standard InChI is InChI=1S/C28H29BrN2O4/c1-5-35-28-20(29)13-16(14-23(28)33-3)25-26-24(18-9-6-7-11-21(18)31-26)19(15-30-25)17-10-8-12-22(32-2)27(17)34-4/h6-14,19,25,30-31H,5,15H2,1-4H3/t19-,25+/m0/s1. The van der Waals surface area contributed by atoms with Crippen LogP contribution in [0.3, 0.4) is 0 Å². The van der Waals surface area contributed by atoms with Crippen LogP contribution in [0.2, 0.25) is 0 Å². The Morgan fingerprint density at radius 3 is 2.46 bits per heavy atom. The van der Waals surface area contributed by atoms with Crippen LogP contribution in [0.5, 0.6) is 23.0 Å². The largest absolute Gasteiger partial charge is 0.493 e. The summed E-state index contributed by atoms with van der Waals surface area (Å²) in [4.78, 5) is 3.71. The number of benzene rings is 3. The van der Waals surface area contributed by atoms with Gasteiger partial charge in [0.05, 0.1) is 38.5 Å². The fraction of sp³-hybridized carbons (Fsp3) is 0.286. The fourth-order valence-corrected chi connectivity index (χ4v) is 5.73. The first kappa shape index (κ1) is 23.6. The molecule has 4 aromatic rings. The lowest BCUT2D eigenvalue weighted by Gasteiger charge is -2.32. The van der Waals surface area contributed by atoms with E-state index in [9.17, 15) is 0 Å². The second kappa shape index (κ2) is 9.84. The van der Waals surface area contributed by atoms with Crippen molar-refractivity contribution in [2.24, 2.45) is 0 Å². The average molecular weight is 537 g/mol. The Kier molecular flexibility index (Phi) is 6.62. The summed E-state index contributed by atoms with van der Waals surface area (Å²) < 4.78 is 23.8. The maximum atomic E-state index is 5.82. The number of para-hydroxylation sites is 2. The van der Waals surface area contributed by atoms with Gasteiger partial charge in [0.15, 0.2) is 23.0 Å². The molecule has 0 bridgehead atoms. The van der Waals surface area contributed by atoms with E-state index in [1.165, 1.54) is 10.9 Å². The zero-order valence-electron chi connectivity index (χ0n) is 20.3. The van der Waals surface area contributed by atoms with Gasteiger partial charge in [-0.2, -0.15) is 0 Å². The number of hydrogen-bond donors (Lipinski definition) is 2. The van der Waals surface area contributed by atoms with Gasteiger partial charge in [0.2, 0.25) is 0 Å². The van der Waals surface area contributed by atoms with E-state index in [0.29, 0.717) is 18.1 Å². The van der Waals surface area contributed by atoms with Gasteiger partial charge in [-0.15, -0.1) is 0 Å². The summed E-state index contributed by atoms with van der Waals surface area (Å²) in [5.74, 6) is 2.99. The van der Waals surface area contributed by atoms with E-state index in [0.717, 1.165) is 44.9 Å². The molecule has 0 saturated carbocycles. The molecule has 182 valence electrons. The van der Waals surface area contributed by atoms with Gasteiger partial charge in [-0.25, -0.2) is 0 Å². The van der Waals surface area contributed by atoms with Gasteiger partial charge < -0.3 is 29.2 Å². The Morgan fingerprint density at radius 2 is 1.71 bits per heavy atom. The number of ether oxygens (including phenoxy) is 4. The SMILES string of the molecule is CCOc1c(Br)cc([C@H]2NC[C@@H](c3cccc(OC)c3OC)c3c2[nH]c2ccccc32)cc1OC. The molecule has 35 heavy (non-hydrogen) atoms. The van der Waals surface area contributed by atoms with E-state index < -0.39 is 0 Å². The van der Waals surface area contributed by atoms with Crippen molar-refractivity contribution in [1.29, 1.82) is 0 Å². The van der Waals surface area contributed by atoms with Gasteiger partial charge in [-0.05, 0) is 58.2 Å². The first-order valence-electron chi connectivity index (χ1n) is 11.7. The molecule has 1 aliphatic rings. The summed E-state index contributed by atoms with van der Waals surface area (Å²) in [6, 6.07) is 18.6. The van der Waals surface area contributed by atoms with Crippen LogP contribution in [0.15, 0.2) is 59.1 Å². The molecule has 0 aliphatic carbocycles. The number of hydrogen-bond acceptors (Lipinski definition) is 5. The maximum Gasteiger partial charge on any atom is 0.175 e. The monoisotopic (exact) mass is 536 g/mol. The lowest BCUT2D eigenvalue weighted by molar-refractivity contribution is 0.308. The Morgan fingerprint density at radius 1 is 0.914 bits per heavy atom. The van der Waals surface area contributed by atoms with Crippen molar-refractivity contribution in [2.45, 2.75) is 18.9 Å². The van der Waals surface area contributed by atoms with Crippen LogP contribution in [0.4, 0.5) is 0 Å². The van der Waals surface area contributed by atoms with Crippen LogP contribution in [0.1, 0.15) is 41.3 Å². The van der Waals surface area contributed by atoms with Gasteiger partial charge in [0.25, 0.3) is 0 Å². The second-order valence-corrected chi connectivity index (χ2v) is 9.30. The quantitative estimate of drug-likeness (QED) is 0.295. The first-order valence-corrected chi connectivity index (χ1v) is 12.5. The highest BCUT2D eigenvalue weighted by atomic mass is 79.9. The molecule has 0 fully saturated rings. The lowest BCUT2D eigenvalue weighted by Crippen LogP contribution is -2.34. The van der Waals surface area contributed by atoms with Crippen LogP contribution in [0, 0.1) is 0 Å². The van der Waals surface area contributed by atoms with Gasteiger partial charge in [0, 0.05) is 34.6 Å². The highest BCUT2D eigenvalue weighted by molar-refractivity contribution is 9.10. The third-order valence-corrected chi connectivity index (χ3v) is 7.21. The van der Waals surface area contributed by atoms with Gasteiger partial charge in [-0.3, -0.25) is 0 Å². The van der Waals surface area contributed by atoms with Crippen molar-refractivity contribution in [3.63, 3.8) is 0 Å². The molecule has 3 aromatic carbocycles. The molecule has 2 heterocycles. The number of H-pyrrole nitrogens is 1. The third-order valence-electron chi connectivity index (χ3n) is 6.62. The Bertz CT molecular complexity index is 1370. The zero-order valence-corrected chi connectivity index (χ0v) is 21.9. The number of aromatic amines is 1. The van der Waals surface area contributed by atoms with E-state index in [-0.39, 0.29) is 12.0 Å². The Balaban J connectivity index is 1.69. The highest BCUT2D eigenvalue weighted by Gasteiger charge is 2.35. The van der Waals surface area contributed by atoms with Crippen LogP contribution >= 0.6 is 15.9 Å². The molecular formula is C28H29BrN2O4. The fourth-order valence-electron chi connectivity index (χ4n) is 5.15. The minimum atomic E-state index is -0.0499. The van der Waals surface area contributed by atoms with Crippen LogP contribution in [0.25, 0.3) is 10.9 Å². The van der Waals surface area contributed by atoms with Gasteiger partial charge in [0.1, 0.15) is 0 Å². The predicted molar refractivity (Wildman–Crippen MR) is 141 cm³/mol. The highest BCUT2D eigenvalue weighted by Crippen LogP contribution is 2.47. The van der Waals surface area contributed by atoms with Gasteiger partial charge >= 0.3 is 0 Å². The van der Waals surface area contributed by atoms with E-state index in [1.807, 2.05) is 19.1 Å². The number of halogens is 1. The van der Waals surface area contributed by atoms with Gasteiger partial charge in [-0.1, -0.05) is 30.3 Å². The number of methoxy groups -OCH3 is 3. The Labute approximate surface area is 213 Å². The molecule has 7 heteroatoms. The molecule has 0 saturated heterocycles. The molecular weight excluding hydrogens is 508 g/mol. The topological polar surface area (TPSA) is 64.7 Å². The van der Waals surface area contributed by atoms with E-state index in [2.05, 4.69) is 68.7 Å². The molecule has 0 radical (unpaired) electrons. The van der Waals surface area contributed by atoms with Crippen molar-refractivity contribution >= 4 is 26.8 Å². The molecule has 2 N–H and O–H groups in total. The predicted octanol–water partition coefficient (Wildman–Crippen LogP) is 6.18. The van der Waals surface area contributed by atoms with E-state index in [4.69, 9.17) is 18.9 Å². The van der Waals surface area contributed by atoms with Crippen molar-refractivity contribution in [1.82, 2.24) is 10.3 Å². The summed E-state index contributed by atoms with van der Waals surface area (Å²) >= 11 is 3.69. The molecule has 0 amide bonds. The molecule has 0 unspecified atom stereocenters. The van der Waals surface area contributed by atoms with Crippen molar-refractivity contribution < 1.29 is 18.9 Å². The zero-order chi connectivity index (χ0) is 24.5. The average Bonchev–Trinajstić information content (AvgIpc) is 3.28. The van der Waals surface area contributed by atoms with Crippen molar-refractivity contribution in [3.8, 4) is 23.0 Å². The second-order valence-electron chi connectivity index (χ2n) is 8.44. The van der Waals surface area contributed by atoms with Crippen molar-refractivity contribution in [3.05, 3.63) is 81.5 Å². The summed E-state index contributed by atoms with van der Waals surface area (Å²) in [5, 5.41) is 4.98. The molecule has 5 rings (SSSR count). The van der Waals surface area contributed by atoms with Crippen LogP contribution in [-0.4, -0.2) is 39.5 Å². The molecule has 1 aliphatic heterocycles. The normalized spacial score (nSPS) is 17.2. The minimum absolute atomic E-state index is 0.0499. The number of rotatable bonds is 7. The number of fused-ring (bicyclic) bond motifs is 3. The summed E-state index contributed by atoms with van der Waals surface area (Å²) in [7, 11) is 5.03. The molecule has 6 nitrogen and oxygen atoms in total. The lowest BCUT2D eigenvalue weighted by atomic mass is 9.82. The molecule has 1 aromatic heterocycles. The summed E-state index contributed by atoms with van der Waals surface area (Å²) in [6.07, 6.45) is 0. The van der Waals surface area contributed by atoms with E-state index in [1.54, 1.807) is 21.3 Å². The Hall–Kier alpha value is -3.16. The summed E-state index contributed by atoms with van der Waals surface area (Å²) in [5.41, 5.74) is 5.68. The number of nitrogens with one attached hydrogen (secondary N) is 2. The number of aromatic nitrogens is 1. The smallest absolute Gasteiger partial charge is 0.175 e. The maximum absolute atomic E-state index is 5.82. The van der Waals surface area contributed by atoms with Crippen molar-refractivity contribution in [2.75, 3.05) is 34.5 Å². The van der Waals surface area contributed by atoms with Crippen LogP contribution < -0.4 is 24.3 Å². The molecule has 0 spiro atoms. The van der Waals surface area contributed by atoms with E-state index >= 15 is 0 Å². The summed E-state index contributed by atoms with van der Waals surface area (Å²) in [6.45, 7) is 3.26. The minimum Gasteiger partial charge on any atom is -0.493 e. The first-order chi connectivity index (χ1) is 17.1. The van der Waals surface area contributed by atoms with Crippen LogP contribution in [-0.2, 0) is 0 Å². The molecule has 2 atom stereocenters. The third kappa shape index (κ3) is 4.02.